The molecule has 0 radical (unpaired) electrons. The molecule has 1 N–H and O–H groups in total. The lowest BCUT2D eigenvalue weighted by Crippen LogP contribution is -2.14. The molecule has 2 heterocycles. The highest BCUT2D eigenvalue weighted by Gasteiger charge is 2.18. The van der Waals surface area contributed by atoms with Gasteiger partial charge in [-0.3, -0.25) is 9.12 Å². The quantitative estimate of drug-likeness (QED) is 0.499. The van der Waals surface area contributed by atoms with Crippen LogP contribution in [0.2, 0.25) is 0 Å². The van der Waals surface area contributed by atoms with E-state index in [1.807, 2.05) is 37.4 Å². The molecule has 1 aliphatic rings. The molecule has 0 saturated heterocycles. The van der Waals surface area contributed by atoms with Gasteiger partial charge in [0.25, 0.3) is 10.0 Å². The Balaban J connectivity index is 1.38. The van der Waals surface area contributed by atoms with Gasteiger partial charge in [-0.15, -0.1) is 11.3 Å². The smallest absolute Gasteiger partial charge is 0.261 e. The zero-order valence-corrected chi connectivity index (χ0v) is 17.7. The number of anilines is 1. The van der Waals surface area contributed by atoms with Gasteiger partial charge in [0.1, 0.15) is 0 Å². The number of hydrogen-bond acceptors (Lipinski definition) is 4. The molecule has 4 aromatic rings. The van der Waals surface area contributed by atoms with Crippen LogP contribution in [0, 0.1) is 6.92 Å². The lowest BCUT2D eigenvalue weighted by molar-refractivity contribution is 0.600. The van der Waals surface area contributed by atoms with E-state index in [1.54, 1.807) is 29.5 Å². The van der Waals surface area contributed by atoms with E-state index in [1.165, 1.54) is 12.0 Å². The molecule has 0 unspecified atom stereocenters. The topological polar surface area (TPSA) is 63.5 Å². The fraction of sp³-hybridized carbons (Fsp3) is 0.227. The van der Waals surface area contributed by atoms with Gasteiger partial charge >= 0.3 is 0 Å². The summed E-state index contributed by atoms with van der Waals surface area (Å²) in [6.45, 7) is 2.05. The second-order valence-corrected chi connectivity index (χ2v) is 10.00. The molecule has 148 valence electrons. The molecule has 0 saturated carbocycles. The summed E-state index contributed by atoms with van der Waals surface area (Å²) < 4.78 is 30.4. The molecule has 0 fully saturated rings. The first-order valence-electron chi connectivity index (χ1n) is 9.68. The SMILES string of the molecule is Cc1csc2nc(-c3ccc(NS(=O)(=O)c4ccc5c(c4)CCCC5)cc3)cn12. The van der Waals surface area contributed by atoms with E-state index in [4.69, 9.17) is 0 Å². The maximum Gasteiger partial charge on any atom is 0.261 e. The summed E-state index contributed by atoms with van der Waals surface area (Å²) in [5, 5.41) is 2.07. The van der Waals surface area contributed by atoms with Crippen molar-refractivity contribution in [1.29, 1.82) is 0 Å². The van der Waals surface area contributed by atoms with E-state index in [2.05, 4.69) is 19.5 Å². The molecular formula is C22H21N3O2S2. The second kappa shape index (κ2) is 7.00. The number of thiazole rings is 1. The number of sulfonamides is 1. The maximum absolute atomic E-state index is 12.8. The minimum absolute atomic E-state index is 0.326. The fourth-order valence-corrected chi connectivity index (χ4v) is 5.79. The Morgan fingerprint density at radius 1 is 1.03 bits per heavy atom. The zero-order valence-electron chi connectivity index (χ0n) is 16.1. The first-order valence-corrected chi connectivity index (χ1v) is 12.0. The van der Waals surface area contributed by atoms with E-state index >= 15 is 0 Å². The van der Waals surface area contributed by atoms with Crippen LogP contribution in [0.4, 0.5) is 5.69 Å². The first-order chi connectivity index (χ1) is 14.0. The Kier molecular flexibility index (Phi) is 4.44. The van der Waals surface area contributed by atoms with E-state index in [0.717, 1.165) is 46.7 Å². The van der Waals surface area contributed by atoms with E-state index in [-0.39, 0.29) is 0 Å². The monoisotopic (exact) mass is 423 g/mol. The Labute approximate surface area is 174 Å². The normalized spacial score (nSPS) is 14.1. The summed E-state index contributed by atoms with van der Waals surface area (Å²) in [7, 11) is -3.61. The van der Waals surface area contributed by atoms with Crippen molar-refractivity contribution in [2.24, 2.45) is 0 Å². The molecule has 2 aromatic carbocycles. The third kappa shape index (κ3) is 3.45. The highest BCUT2D eigenvalue weighted by molar-refractivity contribution is 7.92. The molecule has 0 atom stereocenters. The minimum Gasteiger partial charge on any atom is -0.294 e. The molecule has 0 amide bonds. The van der Waals surface area contributed by atoms with Crippen molar-refractivity contribution in [3.63, 3.8) is 0 Å². The van der Waals surface area contributed by atoms with Crippen LogP contribution in [0.1, 0.15) is 29.7 Å². The van der Waals surface area contributed by atoms with E-state index in [0.29, 0.717) is 10.6 Å². The van der Waals surface area contributed by atoms with Crippen LogP contribution in [0.25, 0.3) is 16.2 Å². The Hall–Kier alpha value is -2.64. The lowest BCUT2D eigenvalue weighted by atomic mass is 9.92. The standard InChI is InChI=1S/C22H21N3O2S2/c1-15-14-28-22-23-21(13-25(15)22)17-6-9-19(10-7-17)24-29(26,27)20-11-8-16-4-2-3-5-18(16)12-20/h6-14,24H,2-5H2,1H3. The van der Waals surface area contributed by atoms with Gasteiger partial charge in [-0.1, -0.05) is 18.2 Å². The van der Waals surface area contributed by atoms with Crippen molar-refractivity contribution < 1.29 is 8.42 Å². The molecule has 0 bridgehead atoms. The van der Waals surface area contributed by atoms with Crippen molar-refractivity contribution in [1.82, 2.24) is 9.38 Å². The van der Waals surface area contributed by atoms with Crippen molar-refractivity contribution >= 4 is 32.0 Å². The Morgan fingerprint density at radius 3 is 2.55 bits per heavy atom. The van der Waals surface area contributed by atoms with E-state index < -0.39 is 10.0 Å². The van der Waals surface area contributed by atoms with E-state index in [9.17, 15) is 8.42 Å². The number of nitrogens with zero attached hydrogens (tertiary/aromatic N) is 2. The average molecular weight is 424 g/mol. The van der Waals surface area contributed by atoms with Crippen LogP contribution in [0.15, 0.2) is 58.9 Å². The largest absolute Gasteiger partial charge is 0.294 e. The number of rotatable bonds is 4. The molecule has 5 rings (SSSR count). The summed E-state index contributed by atoms with van der Waals surface area (Å²) in [6, 6.07) is 12.8. The van der Waals surface area contributed by atoms with Gasteiger partial charge < -0.3 is 0 Å². The van der Waals surface area contributed by atoms with Crippen molar-refractivity contribution in [3.8, 4) is 11.3 Å². The highest BCUT2D eigenvalue weighted by atomic mass is 32.2. The predicted octanol–water partition coefficient (Wildman–Crippen LogP) is 5.05. The van der Waals surface area contributed by atoms with Gasteiger partial charge in [-0.2, -0.15) is 0 Å². The van der Waals surface area contributed by atoms with Crippen LogP contribution in [-0.4, -0.2) is 17.8 Å². The van der Waals surface area contributed by atoms with Crippen LogP contribution in [0.3, 0.4) is 0 Å². The van der Waals surface area contributed by atoms with Gasteiger partial charge in [0.15, 0.2) is 4.96 Å². The predicted molar refractivity (Wildman–Crippen MR) is 117 cm³/mol. The summed E-state index contributed by atoms with van der Waals surface area (Å²) >= 11 is 1.61. The Bertz CT molecular complexity index is 1300. The number of aryl methyl sites for hydroxylation is 3. The third-order valence-corrected chi connectivity index (χ3v) is 7.79. The average Bonchev–Trinajstić information content (AvgIpc) is 3.30. The van der Waals surface area contributed by atoms with Crippen LogP contribution in [0.5, 0.6) is 0 Å². The number of imidazole rings is 1. The van der Waals surface area contributed by atoms with Gasteiger partial charge in [0.2, 0.25) is 0 Å². The van der Waals surface area contributed by atoms with Gasteiger partial charge in [0, 0.05) is 28.5 Å². The Morgan fingerprint density at radius 2 is 1.79 bits per heavy atom. The molecule has 2 aromatic heterocycles. The molecule has 0 spiro atoms. The van der Waals surface area contributed by atoms with Crippen LogP contribution in [-0.2, 0) is 22.9 Å². The van der Waals surface area contributed by atoms with Crippen molar-refractivity contribution in [2.75, 3.05) is 4.72 Å². The molecule has 1 aliphatic carbocycles. The molecule has 0 aliphatic heterocycles. The second-order valence-electron chi connectivity index (χ2n) is 7.48. The third-order valence-electron chi connectivity index (χ3n) is 5.45. The summed E-state index contributed by atoms with van der Waals surface area (Å²) in [6.07, 6.45) is 6.30. The summed E-state index contributed by atoms with van der Waals surface area (Å²) in [4.78, 5) is 5.92. The fourth-order valence-electron chi connectivity index (χ4n) is 3.83. The minimum atomic E-state index is -3.61. The number of benzene rings is 2. The first kappa shape index (κ1) is 18.4. The lowest BCUT2D eigenvalue weighted by Gasteiger charge is -2.17. The van der Waals surface area contributed by atoms with Crippen molar-refractivity contribution in [3.05, 3.63) is 70.9 Å². The molecule has 7 heteroatoms. The van der Waals surface area contributed by atoms with Gasteiger partial charge in [-0.25, -0.2) is 13.4 Å². The number of hydrogen-bond donors (Lipinski definition) is 1. The van der Waals surface area contributed by atoms with Crippen LogP contribution < -0.4 is 4.72 Å². The number of aromatic nitrogens is 2. The molecule has 29 heavy (non-hydrogen) atoms. The zero-order chi connectivity index (χ0) is 20.0. The number of nitrogens with one attached hydrogen (secondary N) is 1. The van der Waals surface area contributed by atoms with Crippen molar-refractivity contribution in [2.45, 2.75) is 37.5 Å². The maximum atomic E-state index is 12.8. The van der Waals surface area contributed by atoms with Gasteiger partial charge in [-0.05, 0) is 68.0 Å². The van der Waals surface area contributed by atoms with Gasteiger partial charge in [0.05, 0.1) is 10.6 Å². The summed E-state index contributed by atoms with van der Waals surface area (Å²) in [5.41, 5.74) is 5.96. The van der Waals surface area contributed by atoms with Crippen LogP contribution >= 0.6 is 11.3 Å². The summed E-state index contributed by atoms with van der Waals surface area (Å²) in [5.74, 6) is 0. The molecular weight excluding hydrogens is 402 g/mol. The highest BCUT2D eigenvalue weighted by Crippen LogP contribution is 2.27. The number of fused-ring (bicyclic) bond motifs is 2. The molecule has 5 nitrogen and oxygen atoms in total.